The third-order valence-corrected chi connectivity index (χ3v) is 2.69. The molecular formula is C11H11F3O. The molecule has 0 saturated heterocycles. The second kappa shape index (κ2) is 3.76. The molecular weight excluding hydrogens is 205 g/mol. The molecule has 4 heteroatoms. The Morgan fingerprint density at radius 1 is 1.27 bits per heavy atom. The molecule has 0 atom stereocenters. The van der Waals surface area contributed by atoms with E-state index in [4.69, 9.17) is 4.74 Å². The fourth-order valence-corrected chi connectivity index (χ4v) is 1.71. The molecule has 0 N–H and O–H groups in total. The molecule has 1 aromatic rings. The van der Waals surface area contributed by atoms with E-state index in [1.165, 1.54) is 18.2 Å². The van der Waals surface area contributed by atoms with Gasteiger partial charge >= 0.3 is 0 Å². The summed E-state index contributed by atoms with van der Waals surface area (Å²) in [5.41, 5.74) is -0.683. The van der Waals surface area contributed by atoms with Gasteiger partial charge in [-0.15, -0.1) is 0 Å². The maximum absolute atomic E-state index is 12.8. The Kier molecular flexibility index (Phi) is 2.59. The molecule has 1 aliphatic heterocycles. The van der Waals surface area contributed by atoms with Gasteiger partial charge in [-0.05, 0) is 36.6 Å². The Morgan fingerprint density at radius 3 is 2.67 bits per heavy atom. The van der Waals surface area contributed by atoms with Crippen LogP contribution in [0.5, 0.6) is 5.75 Å². The minimum Gasteiger partial charge on any atom is -0.481 e. The lowest BCUT2D eigenvalue weighted by Crippen LogP contribution is -2.44. The van der Waals surface area contributed by atoms with Crippen molar-refractivity contribution in [2.24, 2.45) is 0 Å². The van der Waals surface area contributed by atoms with Crippen molar-refractivity contribution in [1.82, 2.24) is 0 Å². The highest BCUT2D eigenvalue weighted by atomic mass is 19.1. The molecule has 0 radical (unpaired) electrons. The van der Waals surface area contributed by atoms with Crippen LogP contribution in [-0.4, -0.2) is 19.0 Å². The first kappa shape index (κ1) is 10.3. The van der Waals surface area contributed by atoms with Crippen LogP contribution in [0.3, 0.4) is 0 Å². The van der Waals surface area contributed by atoms with Gasteiger partial charge in [-0.25, -0.2) is 13.2 Å². The maximum atomic E-state index is 12.8. The molecule has 0 spiro atoms. The van der Waals surface area contributed by atoms with E-state index in [1.54, 1.807) is 0 Å². The van der Waals surface area contributed by atoms with Gasteiger partial charge in [-0.1, -0.05) is 0 Å². The SMILES string of the molecule is FCC1(CF)CCc2cc(F)ccc2O1. The van der Waals surface area contributed by atoms with Crippen molar-refractivity contribution >= 4 is 0 Å². The van der Waals surface area contributed by atoms with E-state index < -0.39 is 19.0 Å². The van der Waals surface area contributed by atoms with Crippen LogP contribution in [0.25, 0.3) is 0 Å². The fraction of sp³-hybridized carbons (Fsp3) is 0.455. The Hall–Kier alpha value is -1.19. The summed E-state index contributed by atoms with van der Waals surface area (Å²) >= 11 is 0. The number of hydrogen-bond donors (Lipinski definition) is 0. The van der Waals surface area contributed by atoms with E-state index in [2.05, 4.69) is 0 Å². The number of benzene rings is 1. The molecule has 15 heavy (non-hydrogen) atoms. The van der Waals surface area contributed by atoms with Crippen LogP contribution in [0.15, 0.2) is 18.2 Å². The Labute approximate surface area is 85.9 Å². The number of hydrogen-bond acceptors (Lipinski definition) is 1. The van der Waals surface area contributed by atoms with E-state index >= 15 is 0 Å². The minimum absolute atomic E-state index is 0.246. The fourth-order valence-electron chi connectivity index (χ4n) is 1.71. The third kappa shape index (κ3) is 1.80. The van der Waals surface area contributed by atoms with Crippen molar-refractivity contribution in [2.75, 3.05) is 13.3 Å². The Morgan fingerprint density at radius 2 is 2.00 bits per heavy atom. The quantitative estimate of drug-likeness (QED) is 0.738. The van der Waals surface area contributed by atoms with Gasteiger partial charge in [0, 0.05) is 0 Å². The Balaban J connectivity index is 2.30. The number of rotatable bonds is 2. The van der Waals surface area contributed by atoms with E-state index in [1.807, 2.05) is 0 Å². The van der Waals surface area contributed by atoms with E-state index in [-0.39, 0.29) is 12.2 Å². The number of aryl methyl sites for hydroxylation is 1. The first-order valence-electron chi connectivity index (χ1n) is 4.78. The summed E-state index contributed by atoms with van der Waals surface area (Å²) in [5.74, 6) is 0.0308. The van der Waals surface area contributed by atoms with E-state index in [0.29, 0.717) is 17.7 Å². The lowest BCUT2D eigenvalue weighted by Gasteiger charge is -2.34. The summed E-state index contributed by atoms with van der Waals surface area (Å²) in [4.78, 5) is 0. The smallest absolute Gasteiger partial charge is 0.166 e. The Bertz CT molecular complexity index is 361. The highest BCUT2D eigenvalue weighted by molar-refractivity contribution is 5.36. The second-order valence-corrected chi connectivity index (χ2v) is 3.80. The zero-order chi connectivity index (χ0) is 10.9. The van der Waals surface area contributed by atoms with Crippen LogP contribution in [-0.2, 0) is 6.42 Å². The van der Waals surface area contributed by atoms with Gasteiger partial charge in [-0.3, -0.25) is 0 Å². The van der Waals surface area contributed by atoms with Gasteiger partial charge in [0.15, 0.2) is 5.60 Å². The van der Waals surface area contributed by atoms with Crippen LogP contribution < -0.4 is 4.74 Å². The second-order valence-electron chi connectivity index (χ2n) is 3.80. The summed E-state index contributed by atoms with van der Waals surface area (Å²) in [6.07, 6.45) is 0.692. The lowest BCUT2D eigenvalue weighted by atomic mass is 9.93. The van der Waals surface area contributed by atoms with Crippen LogP contribution in [0, 0.1) is 5.82 Å². The minimum atomic E-state index is -1.36. The summed E-state index contributed by atoms with van der Waals surface area (Å²) < 4.78 is 43.4. The van der Waals surface area contributed by atoms with Crippen LogP contribution in [0.2, 0.25) is 0 Å². The molecule has 0 aromatic heterocycles. The van der Waals surface area contributed by atoms with Crippen molar-refractivity contribution in [3.05, 3.63) is 29.6 Å². The number of ether oxygens (including phenoxy) is 1. The van der Waals surface area contributed by atoms with Crippen LogP contribution >= 0.6 is 0 Å². The number of alkyl halides is 2. The van der Waals surface area contributed by atoms with Crippen LogP contribution in [0.1, 0.15) is 12.0 Å². The first-order valence-corrected chi connectivity index (χ1v) is 4.78. The molecule has 1 nitrogen and oxygen atoms in total. The monoisotopic (exact) mass is 216 g/mol. The zero-order valence-electron chi connectivity index (χ0n) is 8.10. The molecule has 1 aliphatic rings. The van der Waals surface area contributed by atoms with Gasteiger partial charge in [0.25, 0.3) is 0 Å². The summed E-state index contributed by atoms with van der Waals surface area (Å²) in [7, 11) is 0. The van der Waals surface area contributed by atoms with E-state index in [9.17, 15) is 13.2 Å². The predicted molar refractivity (Wildman–Crippen MR) is 50.0 cm³/mol. The molecule has 0 saturated carbocycles. The average molecular weight is 216 g/mol. The van der Waals surface area contributed by atoms with Crippen molar-refractivity contribution in [2.45, 2.75) is 18.4 Å². The summed E-state index contributed by atoms with van der Waals surface area (Å²) in [6, 6.07) is 3.99. The summed E-state index contributed by atoms with van der Waals surface area (Å²) in [6.45, 7) is -1.72. The standard InChI is InChI=1S/C11H11F3O/c12-6-11(7-13)4-3-8-5-9(14)1-2-10(8)15-11/h1-2,5H,3-4,6-7H2. The molecule has 1 aromatic carbocycles. The van der Waals surface area contributed by atoms with Gasteiger partial charge < -0.3 is 4.74 Å². The predicted octanol–water partition coefficient (Wildman–Crippen LogP) is 2.83. The average Bonchev–Trinajstić information content (AvgIpc) is 2.28. The molecule has 0 bridgehead atoms. The highest BCUT2D eigenvalue weighted by Crippen LogP contribution is 2.34. The molecule has 82 valence electrons. The molecule has 0 unspecified atom stereocenters. The molecule has 1 heterocycles. The van der Waals surface area contributed by atoms with Crippen molar-refractivity contribution < 1.29 is 17.9 Å². The summed E-state index contributed by atoms with van der Waals surface area (Å²) in [5, 5.41) is 0. The zero-order valence-corrected chi connectivity index (χ0v) is 8.10. The largest absolute Gasteiger partial charge is 0.481 e. The maximum Gasteiger partial charge on any atom is 0.166 e. The van der Waals surface area contributed by atoms with Crippen LogP contribution in [0.4, 0.5) is 13.2 Å². The van der Waals surface area contributed by atoms with Gasteiger partial charge in [0.1, 0.15) is 24.9 Å². The first-order chi connectivity index (χ1) is 7.19. The topological polar surface area (TPSA) is 9.23 Å². The van der Waals surface area contributed by atoms with Gasteiger partial charge in [0.05, 0.1) is 0 Å². The normalized spacial score (nSPS) is 18.1. The van der Waals surface area contributed by atoms with E-state index in [0.717, 1.165) is 0 Å². The third-order valence-electron chi connectivity index (χ3n) is 2.69. The number of halogens is 3. The van der Waals surface area contributed by atoms with Gasteiger partial charge in [0.2, 0.25) is 0 Å². The molecule has 0 amide bonds. The van der Waals surface area contributed by atoms with Gasteiger partial charge in [-0.2, -0.15) is 0 Å². The van der Waals surface area contributed by atoms with Crippen molar-refractivity contribution in [1.29, 1.82) is 0 Å². The molecule has 0 aliphatic carbocycles. The lowest BCUT2D eigenvalue weighted by molar-refractivity contribution is 0.000206. The van der Waals surface area contributed by atoms with Crippen molar-refractivity contribution in [3.63, 3.8) is 0 Å². The molecule has 2 rings (SSSR count). The number of fused-ring (bicyclic) bond motifs is 1. The van der Waals surface area contributed by atoms with Crippen molar-refractivity contribution in [3.8, 4) is 5.75 Å². The highest BCUT2D eigenvalue weighted by Gasteiger charge is 2.36. The molecule has 0 fully saturated rings.